The summed E-state index contributed by atoms with van der Waals surface area (Å²) in [6, 6.07) is 0. The largest absolute Gasteiger partial charge is 0.498 e. The van der Waals surface area contributed by atoms with Gasteiger partial charge in [0.1, 0.15) is 11.9 Å². The van der Waals surface area contributed by atoms with E-state index in [9.17, 15) is 4.79 Å². The third-order valence-electron chi connectivity index (χ3n) is 1.02. The van der Waals surface area contributed by atoms with Crippen LogP contribution in [0.5, 0.6) is 0 Å². The molecule has 0 radical (unpaired) electrons. The molecule has 0 heterocycles. The predicted octanol–water partition coefficient (Wildman–Crippen LogP) is 1.90. The number of carbonyl (C=O) groups excluding carboxylic acids is 1. The fourth-order valence-corrected chi connectivity index (χ4v) is 0.666. The van der Waals surface area contributed by atoms with Crippen LogP contribution < -0.4 is 0 Å². The molecule has 0 amide bonds. The molecule has 0 aliphatic carbocycles. The molecule has 1 atom stereocenters. The maximum Gasteiger partial charge on any atom is 0.133 e. The van der Waals surface area contributed by atoms with Crippen LogP contribution >= 0.6 is 0 Å². The van der Waals surface area contributed by atoms with Gasteiger partial charge in [-0.2, -0.15) is 0 Å². The molecule has 0 bridgehead atoms. The maximum absolute atomic E-state index is 10.5. The number of hydrogen-bond donors (Lipinski definition) is 0. The first kappa shape index (κ1) is 9.21. The van der Waals surface area contributed by atoms with Gasteiger partial charge in [-0.25, -0.2) is 0 Å². The van der Waals surface area contributed by atoms with E-state index in [2.05, 4.69) is 0 Å². The number of ether oxygens (including phenoxy) is 1. The Hall–Kier alpha value is -0.790. The highest BCUT2D eigenvalue weighted by atomic mass is 16.5. The summed E-state index contributed by atoms with van der Waals surface area (Å²) >= 11 is 0. The van der Waals surface area contributed by atoms with Crippen LogP contribution in [0.1, 0.15) is 27.2 Å². The molecule has 0 fully saturated rings. The second-order valence-electron chi connectivity index (χ2n) is 2.32. The number of rotatable bonds is 4. The van der Waals surface area contributed by atoms with E-state index in [1.54, 1.807) is 19.3 Å². The van der Waals surface area contributed by atoms with Crippen LogP contribution in [0.3, 0.4) is 0 Å². The molecule has 0 spiro atoms. The molecule has 0 saturated heterocycles. The van der Waals surface area contributed by atoms with E-state index in [1.165, 1.54) is 0 Å². The van der Waals surface area contributed by atoms with Gasteiger partial charge in [0.2, 0.25) is 0 Å². The molecule has 0 aliphatic heterocycles. The Morgan fingerprint density at radius 2 is 2.30 bits per heavy atom. The first-order valence-electron chi connectivity index (χ1n) is 3.43. The van der Waals surface area contributed by atoms with Crippen LogP contribution in [0.15, 0.2) is 12.3 Å². The predicted molar refractivity (Wildman–Crippen MR) is 40.7 cm³/mol. The second-order valence-corrected chi connectivity index (χ2v) is 2.32. The van der Waals surface area contributed by atoms with E-state index < -0.39 is 0 Å². The molecular formula is C8H14O2. The van der Waals surface area contributed by atoms with E-state index in [1.807, 2.05) is 13.8 Å². The van der Waals surface area contributed by atoms with Crippen LogP contribution in [0.4, 0.5) is 0 Å². The summed E-state index contributed by atoms with van der Waals surface area (Å²) in [5, 5.41) is 0. The molecule has 10 heavy (non-hydrogen) atoms. The summed E-state index contributed by atoms with van der Waals surface area (Å²) in [4.78, 5) is 10.5. The zero-order valence-corrected chi connectivity index (χ0v) is 6.76. The summed E-state index contributed by atoms with van der Waals surface area (Å²) in [6.45, 7) is 5.32. The minimum absolute atomic E-state index is 0.00806. The van der Waals surface area contributed by atoms with E-state index >= 15 is 0 Å². The lowest BCUT2D eigenvalue weighted by molar-refractivity contribution is -0.118. The Kier molecular flexibility index (Phi) is 4.63. The Morgan fingerprint density at radius 1 is 1.70 bits per heavy atom. The van der Waals surface area contributed by atoms with Gasteiger partial charge in [0.15, 0.2) is 0 Å². The Morgan fingerprint density at radius 3 is 2.70 bits per heavy atom. The molecule has 0 aromatic heterocycles. The molecule has 0 aliphatic rings. The fourth-order valence-electron chi connectivity index (χ4n) is 0.666. The first-order valence-corrected chi connectivity index (χ1v) is 3.43. The Balaban J connectivity index is 3.43. The highest BCUT2D eigenvalue weighted by molar-refractivity contribution is 5.75. The van der Waals surface area contributed by atoms with Gasteiger partial charge in [-0.05, 0) is 20.8 Å². The summed E-state index contributed by atoms with van der Waals surface area (Å²) in [7, 11) is 0. The highest BCUT2D eigenvalue weighted by Crippen LogP contribution is 1.97. The minimum Gasteiger partial charge on any atom is -0.498 e. The normalized spacial score (nSPS) is 13.5. The first-order chi connectivity index (χ1) is 4.66. The average Bonchev–Trinajstić information content (AvgIpc) is 1.82. The van der Waals surface area contributed by atoms with Crippen molar-refractivity contribution in [3.8, 4) is 0 Å². The zero-order chi connectivity index (χ0) is 7.98. The minimum atomic E-state index is 0.00806. The number of carbonyl (C=O) groups is 1. The maximum atomic E-state index is 10.5. The molecule has 0 rings (SSSR count). The third kappa shape index (κ3) is 5.35. The average molecular weight is 142 g/mol. The van der Waals surface area contributed by atoms with Crippen LogP contribution in [0.25, 0.3) is 0 Å². The monoisotopic (exact) mass is 142 g/mol. The lowest BCUT2D eigenvalue weighted by Gasteiger charge is -2.07. The fraction of sp³-hybridized carbons (Fsp3) is 0.625. The number of Topliss-reactive ketones (excluding diaryl/α,β-unsaturated/α-hetero) is 1. The molecule has 0 saturated carbocycles. The van der Waals surface area contributed by atoms with Crippen molar-refractivity contribution >= 4 is 5.78 Å². The van der Waals surface area contributed by atoms with E-state index in [-0.39, 0.29) is 11.9 Å². The molecule has 2 nitrogen and oxygen atoms in total. The standard InChI is InChI=1S/C8H14O2/c1-4-5-10-8(3)6-7(2)9/h4-5,8H,6H2,1-3H3/b5-4-. The smallest absolute Gasteiger partial charge is 0.133 e. The van der Waals surface area contributed by atoms with Crippen molar-refractivity contribution in [3.05, 3.63) is 12.3 Å². The van der Waals surface area contributed by atoms with Crippen molar-refractivity contribution < 1.29 is 9.53 Å². The van der Waals surface area contributed by atoms with Crippen LogP contribution in [0.2, 0.25) is 0 Å². The Bertz CT molecular complexity index is 127. The molecular weight excluding hydrogens is 128 g/mol. The summed E-state index contributed by atoms with van der Waals surface area (Å²) in [5.41, 5.74) is 0. The van der Waals surface area contributed by atoms with Crippen LogP contribution in [-0.2, 0) is 9.53 Å². The molecule has 0 aromatic rings. The van der Waals surface area contributed by atoms with Gasteiger partial charge in [-0.1, -0.05) is 6.08 Å². The highest BCUT2D eigenvalue weighted by Gasteiger charge is 2.02. The second kappa shape index (κ2) is 5.03. The third-order valence-corrected chi connectivity index (χ3v) is 1.02. The van der Waals surface area contributed by atoms with Gasteiger partial charge in [0, 0.05) is 6.42 Å². The van der Waals surface area contributed by atoms with Gasteiger partial charge in [0.25, 0.3) is 0 Å². The zero-order valence-electron chi connectivity index (χ0n) is 6.76. The molecule has 2 heteroatoms. The molecule has 0 N–H and O–H groups in total. The van der Waals surface area contributed by atoms with Gasteiger partial charge >= 0.3 is 0 Å². The number of ketones is 1. The lowest BCUT2D eigenvalue weighted by atomic mass is 10.2. The van der Waals surface area contributed by atoms with Crippen LogP contribution in [0, 0.1) is 0 Å². The van der Waals surface area contributed by atoms with Gasteiger partial charge in [0.05, 0.1) is 6.26 Å². The van der Waals surface area contributed by atoms with E-state index in [0.717, 1.165) is 0 Å². The summed E-state index contributed by atoms with van der Waals surface area (Å²) in [6.07, 6.45) is 3.91. The van der Waals surface area contributed by atoms with Gasteiger partial charge < -0.3 is 4.74 Å². The Labute approximate surface area is 61.9 Å². The SMILES string of the molecule is C/C=C\OC(C)CC(C)=O. The summed E-state index contributed by atoms with van der Waals surface area (Å²) in [5.74, 6) is 0.164. The topological polar surface area (TPSA) is 26.3 Å². The quantitative estimate of drug-likeness (QED) is 0.560. The van der Waals surface area contributed by atoms with E-state index in [0.29, 0.717) is 6.42 Å². The molecule has 0 aromatic carbocycles. The lowest BCUT2D eigenvalue weighted by Crippen LogP contribution is -2.08. The number of allylic oxidation sites excluding steroid dienone is 1. The molecule has 58 valence electrons. The molecule has 1 unspecified atom stereocenters. The van der Waals surface area contributed by atoms with Gasteiger partial charge in [-0.15, -0.1) is 0 Å². The van der Waals surface area contributed by atoms with Crippen molar-refractivity contribution in [2.75, 3.05) is 0 Å². The number of hydrogen-bond acceptors (Lipinski definition) is 2. The van der Waals surface area contributed by atoms with Crippen molar-refractivity contribution in [2.45, 2.75) is 33.3 Å². The van der Waals surface area contributed by atoms with E-state index in [4.69, 9.17) is 4.74 Å². The summed E-state index contributed by atoms with van der Waals surface area (Å²) < 4.78 is 5.10. The van der Waals surface area contributed by atoms with Crippen molar-refractivity contribution in [1.82, 2.24) is 0 Å². The van der Waals surface area contributed by atoms with Crippen molar-refractivity contribution in [1.29, 1.82) is 0 Å². The van der Waals surface area contributed by atoms with Crippen molar-refractivity contribution in [2.24, 2.45) is 0 Å². The van der Waals surface area contributed by atoms with Gasteiger partial charge in [-0.3, -0.25) is 4.79 Å². The van der Waals surface area contributed by atoms with Crippen LogP contribution in [-0.4, -0.2) is 11.9 Å². The van der Waals surface area contributed by atoms with Crippen molar-refractivity contribution in [3.63, 3.8) is 0 Å².